The fourth-order valence-corrected chi connectivity index (χ4v) is 0.597. The molecule has 0 unspecified atom stereocenters. The second-order valence-electron chi connectivity index (χ2n) is 2.36. The molecule has 0 aliphatic rings. The SMILES string of the molecule is CCCC/C=C\OC(=O)CC. The highest BCUT2D eigenvalue weighted by Gasteiger charge is 1.91. The Kier molecular flexibility index (Phi) is 6.79. The lowest BCUT2D eigenvalue weighted by atomic mass is 10.2. The molecule has 0 atom stereocenters. The first-order valence-electron chi connectivity index (χ1n) is 4.15. The molecule has 0 aromatic rings. The van der Waals surface area contributed by atoms with Crippen molar-refractivity contribution >= 4 is 5.97 Å². The normalized spacial score (nSPS) is 10.4. The van der Waals surface area contributed by atoms with Crippen LogP contribution in [0.2, 0.25) is 0 Å². The lowest BCUT2D eigenvalue weighted by Gasteiger charge is -1.93. The van der Waals surface area contributed by atoms with E-state index < -0.39 is 0 Å². The van der Waals surface area contributed by atoms with Crippen LogP contribution in [0.5, 0.6) is 0 Å². The van der Waals surface area contributed by atoms with Gasteiger partial charge in [0.1, 0.15) is 0 Å². The molecule has 11 heavy (non-hydrogen) atoms. The van der Waals surface area contributed by atoms with Crippen molar-refractivity contribution in [1.82, 2.24) is 0 Å². The lowest BCUT2D eigenvalue weighted by Crippen LogP contribution is -1.94. The zero-order chi connectivity index (χ0) is 8.53. The highest BCUT2D eigenvalue weighted by atomic mass is 16.5. The zero-order valence-electron chi connectivity index (χ0n) is 7.30. The van der Waals surface area contributed by atoms with E-state index in [1.807, 2.05) is 6.08 Å². The maximum absolute atomic E-state index is 10.6. The van der Waals surface area contributed by atoms with Crippen LogP contribution in [0.15, 0.2) is 12.3 Å². The lowest BCUT2D eigenvalue weighted by molar-refractivity contribution is -0.137. The molecule has 0 aromatic heterocycles. The number of hydrogen-bond acceptors (Lipinski definition) is 2. The largest absolute Gasteiger partial charge is 0.435 e. The summed E-state index contributed by atoms with van der Waals surface area (Å²) in [6.07, 6.45) is 7.14. The van der Waals surface area contributed by atoms with Crippen LogP contribution in [0.4, 0.5) is 0 Å². The van der Waals surface area contributed by atoms with Crippen molar-refractivity contribution in [2.45, 2.75) is 39.5 Å². The Labute approximate surface area is 68.2 Å². The average Bonchev–Trinajstić information content (AvgIpc) is 2.04. The Morgan fingerprint density at radius 3 is 2.73 bits per heavy atom. The minimum absolute atomic E-state index is 0.169. The summed E-state index contributed by atoms with van der Waals surface area (Å²) in [7, 11) is 0. The molecule has 0 bridgehead atoms. The smallest absolute Gasteiger partial charge is 0.310 e. The molecule has 0 heterocycles. The van der Waals surface area contributed by atoms with Gasteiger partial charge in [0.25, 0.3) is 0 Å². The van der Waals surface area contributed by atoms with E-state index in [-0.39, 0.29) is 5.97 Å². The minimum Gasteiger partial charge on any atom is -0.435 e. The predicted octanol–water partition coefficient (Wildman–Crippen LogP) is 2.64. The predicted molar refractivity (Wildman–Crippen MR) is 45.0 cm³/mol. The summed E-state index contributed by atoms with van der Waals surface area (Å²) in [4.78, 5) is 10.6. The Bertz CT molecular complexity index is 128. The number of esters is 1. The molecule has 0 amide bonds. The van der Waals surface area contributed by atoms with Crippen LogP contribution in [0, 0.1) is 0 Å². The number of rotatable bonds is 5. The topological polar surface area (TPSA) is 26.3 Å². The average molecular weight is 156 g/mol. The van der Waals surface area contributed by atoms with Gasteiger partial charge in [-0.05, 0) is 18.9 Å². The van der Waals surface area contributed by atoms with Crippen molar-refractivity contribution in [3.05, 3.63) is 12.3 Å². The van der Waals surface area contributed by atoms with Gasteiger partial charge in [-0.3, -0.25) is 4.79 Å². The summed E-state index contributed by atoms with van der Waals surface area (Å²) in [5, 5.41) is 0. The third kappa shape index (κ3) is 7.10. The second kappa shape index (κ2) is 7.32. The first-order chi connectivity index (χ1) is 5.31. The summed E-state index contributed by atoms with van der Waals surface area (Å²) in [6, 6.07) is 0. The molecule has 0 aliphatic heterocycles. The van der Waals surface area contributed by atoms with Crippen LogP contribution in [-0.4, -0.2) is 5.97 Å². The number of unbranched alkanes of at least 4 members (excludes halogenated alkanes) is 2. The number of carbonyl (C=O) groups excluding carboxylic acids is 1. The van der Waals surface area contributed by atoms with Crippen LogP contribution in [0.3, 0.4) is 0 Å². The van der Waals surface area contributed by atoms with Gasteiger partial charge in [0, 0.05) is 6.42 Å². The fraction of sp³-hybridized carbons (Fsp3) is 0.667. The molecular formula is C9H16O2. The first-order valence-corrected chi connectivity index (χ1v) is 4.15. The van der Waals surface area contributed by atoms with Gasteiger partial charge in [0.05, 0.1) is 6.26 Å². The van der Waals surface area contributed by atoms with Gasteiger partial charge in [0.15, 0.2) is 0 Å². The quantitative estimate of drug-likeness (QED) is 0.347. The van der Waals surface area contributed by atoms with Crippen molar-refractivity contribution < 1.29 is 9.53 Å². The van der Waals surface area contributed by atoms with Crippen molar-refractivity contribution in [2.75, 3.05) is 0 Å². The summed E-state index contributed by atoms with van der Waals surface area (Å²) in [5.74, 6) is -0.169. The van der Waals surface area contributed by atoms with Gasteiger partial charge in [-0.15, -0.1) is 0 Å². The Hall–Kier alpha value is -0.790. The number of carbonyl (C=O) groups is 1. The van der Waals surface area contributed by atoms with E-state index in [4.69, 9.17) is 4.74 Å². The number of hydrogen-bond donors (Lipinski definition) is 0. The van der Waals surface area contributed by atoms with Crippen LogP contribution in [0.1, 0.15) is 39.5 Å². The molecule has 64 valence electrons. The van der Waals surface area contributed by atoms with Gasteiger partial charge < -0.3 is 4.74 Å². The van der Waals surface area contributed by atoms with E-state index in [1.54, 1.807) is 6.92 Å². The zero-order valence-corrected chi connectivity index (χ0v) is 7.30. The third-order valence-electron chi connectivity index (χ3n) is 1.31. The van der Waals surface area contributed by atoms with Crippen LogP contribution < -0.4 is 0 Å². The Morgan fingerprint density at radius 1 is 1.45 bits per heavy atom. The standard InChI is InChI=1S/C9H16O2/c1-3-5-6-7-8-11-9(10)4-2/h7-8H,3-6H2,1-2H3/b8-7-. The summed E-state index contributed by atoms with van der Waals surface area (Å²) in [5.41, 5.74) is 0. The number of ether oxygens (including phenoxy) is 1. The molecule has 0 spiro atoms. The Morgan fingerprint density at radius 2 is 2.18 bits per heavy atom. The van der Waals surface area contributed by atoms with Crippen LogP contribution >= 0.6 is 0 Å². The van der Waals surface area contributed by atoms with Crippen molar-refractivity contribution in [3.63, 3.8) is 0 Å². The van der Waals surface area contributed by atoms with E-state index in [0.29, 0.717) is 6.42 Å². The molecule has 0 N–H and O–H groups in total. The van der Waals surface area contributed by atoms with Crippen molar-refractivity contribution in [3.8, 4) is 0 Å². The molecule has 0 saturated heterocycles. The third-order valence-corrected chi connectivity index (χ3v) is 1.31. The van der Waals surface area contributed by atoms with Gasteiger partial charge in [-0.1, -0.05) is 20.3 Å². The molecular weight excluding hydrogens is 140 g/mol. The van der Waals surface area contributed by atoms with Gasteiger partial charge in [-0.2, -0.15) is 0 Å². The molecule has 0 aliphatic carbocycles. The summed E-state index contributed by atoms with van der Waals surface area (Å²) in [6.45, 7) is 3.91. The van der Waals surface area contributed by atoms with E-state index in [2.05, 4.69) is 6.92 Å². The first kappa shape index (κ1) is 10.2. The summed E-state index contributed by atoms with van der Waals surface area (Å²) < 4.78 is 4.72. The van der Waals surface area contributed by atoms with Gasteiger partial charge in [0.2, 0.25) is 0 Å². The maximum atomic E-state index is 10.6. The van der Waals surface area contributed by atoms with Crippen molar-refractivity contribution in [2.24, 2.45) is 0 Å². The molecule has 2 nitrogen and oxygen atoms in total. The number of allylic oxidation sites excluding steroid dienone is 1. The van der Waals surface area contributed by atoms with Gasteiger partial charge in [-0.25, -0.2) is 0 Å². The van der Waals surface area contributed by atoms with Crippen LogP contribution in [0.25, 0.3) is 0 Å². The highest BCUT2D eigenvalue weighted by molar-refractivity contribution is 5.69. The second-order valence-corrected chi connectivity index (χ2v) is 2.36. The molecule has 0 fully saturated rings. The monoisotopic (exact) mass is 156 g/mol. The molecule has 0 rings (SSSR count). The highest BCUT2D eigenvalue weighted by Crippen LogP contribution is 1.95. The fourth-order valence-electron chi connectivity index (χ4n) is 0.597. The minimum atomic E-state index is -0.169. The Balaban J connectivity index is 3.22. The van der Waals surface area contributed by atoms with E-state index in [1.165, 1.54) is 12.7 Å². The van der Waals surface area contributed by atoms with E-state index in [9.17, 15) is 4.79 Å². The summed E-state index contributed by atoms with van der Waals surface area (Å²) >= 11 is 0. The molecule has 0 saturated carbocycles. The van der Waals surface area contributed by atoms with E-state index in [0.717, 1.165) is 12.8 Å². The molecule has 0 aromatic carbocycles. The van der Waals surface area contributed by atoms with Gasteiger partial charge >= 0.3 is 5.97 Å². The van der Waals surface area contributed by atoms with E-state index >= 15 is 0 Å². The maximum Gasteiger partial charge on any atom is 0.310 e. The van der Waals surface area contributed by atoms with Crippen LogP contribution in [-0.2, 0) is 9.53 Å². The molecule has 0 radical (unpaired) electrons. The van der Waals surface area contributed by atoms with Crippen molar-refractivity contribution in [1.29, 1.82) is 0 Å². The molecule has 2 heteroatoms.